The minimum absolute atomic E-state index is 0.0432. The Hall–Kier alpha value is -4.54. The molecule has 1 aromatic carbocycles. The minimum Gasteiger partial charge on any atom is -0.491 e. The molecule has 0 spiro atoms. The maximum absolute atomic E-state index is 14.4. The average Bonchev–Trinajstić information content (AvgIpc) is 3.42. The van der Waals surface area contributed by atoms with Crippen molar-refractivity contribution in [2.24, 2.45) is 0 Å². The second-order valence-electron chi connectivity index (χ2n) is 8.45. The second kappa shape index (κ2) is 10.6. The molecule has 1 amide bonds. The fraction of sp³-hybridized carbons (Fsp3) is 0.269. The van der Waals surface area contributed by atoms with Gasteiger partial charge in [0.05, 0.1) is 43.1 Å². The molecule has 1 aliphatic heterocycles. The Morgan fingerprint density at radius 2 is 2.08 bits per heavy atom. The number of carbonyl (C=O) groups is 1. The zero-order valence-electron chi connectivity index (χ0n) is 20.1. The van der Waals surface area contributed by atoms with Gasteiger partial charge in [-0.05, 0) is 31.9 Å². The molecule has 4 aromatic rings. The SMILES string of the molecule is CCOc1ccnc(CNC(=O)Cn2cnc3c(c2=O)NC(c2cnc(-c4ccccc4)o2)CC3)c1F. The molecule has 0 aliphatic carbocycles. The third kappa shape index (κ3) is 5.20. The number of halogens is 1. The summed E-state index contributed by atoms with van der Waals surface area (Å²) < 4.78 is 26.8. The van der Waals surface area contributed by atoms with Crippen LogP contribution in [0.3, 0.4) is 0 Å². The number of fused-ring (bicyclic) bond motifs is 1. The van der Waals surface area contributed by atoms with E-state index in [0.29, 0.717) is 42.5 Å². The Balaban J connectivity index is 1.26. The smallest absolute Gasteiger partial charge is 0.277 e. The van der Waals surface area contributed by atoms with Crippen LogP contribution in [0.15, 0.2) is 64.3 Å². The Bertz CT molecular complexity index is 1470. The molecule has 0 fully saturated rings. The van der Waals surface area contributed by atoms with Crippen molar-refractivity contribution in [3.63, 3.8) is 0 Å². The van der Waals surface area contributed by atoms with Crippen molar-refractivity contribution in [2.45, 2.75) is 38.9 Å². The van der Waals surface area contributed by atoms with Gasteiger partial charge in [-0.15, -0.1) is 0 Å². The number of ether oxygens (including phenoxy) is 1. The van der Waals surface area contributed by atoms with Crippen LogP contribution >= 0.6 is 0 Å². The Labute approximate surface area is 211 Å². The highest BCUT2D eigenvalue weighted by Gasteiger charge is 2.26. The van der Waals surface area contributed by atoms with E-state index in [1.54, 1.807) is 13.1 Å². The van der Waals surface area contributed by atoms with Gasteiger partial charge in [-0.1, -0.05) is 18.2 Å². The van der Waals surface area contributed by atoms with E-state index >= 15 is 0 Å². The first-order valence-electron chi connectivity index (χ1n) is 11.9. The fourth-order valence-corrected chi connectivity index (χ4v) is 4.12. The number of benzene rings is 1. The molecule has 3 aromatic heterocycles. The zero-order valence-corrected chi connectivity index (χ0v) is 20.1. The highest BCUT2D eigenvalue weighted by atomic mass is 19.1. The summed E-state index contributed by atoms with van der Waals surface area (Å²) in [4.78, 5) is 38.4. The lowest BCUT2D eigenvalue weighted by atomic mass is 10.0. The van der Waals surface area contributed by atoms with Gasteiger partial charge in [-0.25, -0.2) is 14.4 Å². The maximum atomic E-state index is 14.4. The molecular formula is C26H25FN6O4. The summed E-state index contributed by atoms with van der Waals surface area (Å²) in [5, 5.41) is 5.80. The Kier molecular flexibility index (Phi) is 6.93. The van der Waals surface area contributed by atoms with Crippen LogP contribution in [0, 0.1) is 5.82 Å². The highest BCUT2D eigenvalue weighted by molar-refractivity contribution is 5.75. The van der Waals surface area contributed by atoms with Crippen LogP contribution < -0.4 is 20.9 Å². The van der Waals surface area contributed by atoms with E-state index < -0.39 is 11.7 Å². The Morgan fingerprint density at radius 3 is 2.89 bits per heavy atom. The van der Waals surface area contributed by atoms with Crippen molar-refractivity contribution in [3.05, 3.63) is 88.4 Å². The van der Waals surface area contributed by atoms with E-state index in [-0.39, 0.29) is 36.1 Å². The standard InChI is InChI=1S/C26H25FN6O4/c1-2-36-20-10-11-28-19(23(20)27)12-29-22(34)14-33-15-31-18-9-8-17(32-24(18)26(33)35)21-13-30-25(37-21)16-6-4-3-5-7-16/h3-7,10-11,13,15,17,32H,2,8-9,12,14H2,1H3,(H,29,34). The molecule has 1 atom stereocenters. The predicted octanol–water partition coefficient (Wildman–Crippen LogP) is 3.25. The third-order valence-electron chi connectivity index (χ3n) is 5.99. The number of oxazole rings is 1. The van der Waals surface area contributed by atoms with Crippen LogP contribution in [-0.2, 0) is 24.3 Å². The molecule has 11 heteroatoms. The van der Waals surface area contributed by atoms with Gasteiger partial charge in [0.25, 0.3) is 5.56 Å². The summed E-state index contributed by atoms with van der Waals surface area (Å²) in [5.74, 6) is 0.0690. The normalized spacial score (nSPS) is 14.5. The van der Waals surface area contributed by atoms with Crippen LogP contribution in [0.1, 0.15) is 36.5 Å². The van der Waals surface area contributed by atoms with E-state index in [9.17, 15) is 14.0 Å². The number of aromatic nitrogens is 4. The van der Waals surface area contributed by atoms with Crippen LogP contribution in [0.25, 0.3) is 11.5 Å². The lowest BCUT2D eigenvalue weighted by Crippen LogP contribution is -2.35. The molecular weight excluding hydrogens is 479 g/mol. The number of amides is 1. The van der Waals surface area contributed by atoms with E-state index in [2.05, 4.69) is 25.6 Å². The van der Waals surface area contributed by atoms with Gasteiger partial charge in [-0.3, -0.25) is 19.1 Å². The van der Waals surface area contributed by atoms with Gasteiger partial charge in [0.15, 0.2) is 11.6 Å². The largest absolute Gasteiger partial charge is 0.491 e. The number of nitrogens with zero attached hydrogens (tertiary/aromatic N) is 4. The van der Waals surface area contributed by atoms with Crippen molar-refractivity contribution in [3.8, 4) is 17.2 Å². The summed E-state index contributed by atoms with van der Waals surface area (Å²) in [6, 6.07) is 10.7. The topological polar surface area (TPSA) is 124 Å². The number of pyridine rings is 1. The van der Waals surface area contributed by atoms with Crippen LogP contribution in [0.5, 0.6) is 5.75 Å². The molecule has 0 saturated heterocycles. The molecule has 1 aliphatic rings. The van der Waals surface area contributed by atoms with Crippen LogP contribution in [0.4, 0.5) is 10.1 Å². The summed E-state index contributed by atoms with van der Waals surface area (Å²) in [6.07, 6.45) is 5.65. The molecule has 37 heavy (non-hydrogen) atoms. The lowest BCUT2D eigenvalue weighted by Gasteiger charge is -2.24. The number of carbonyl (C=O) groups excluding carboxylic acids is 1. The fourth-order valence-electron chi connectivity index (χ4n) is 4.12. The number of nitrogens with one attached hydrogen (secondary N) is 2. The lowest BCUT2D eigenvalue weighted by molar-refractivity contribution is -0.121. The number of hydrogen-bond donors (Lipinski definition) is 2. The van der Waals surface area contributed by atoms with E-state index in [0.717, 1.165) is 5.56 Å². The second-order valence-corrected chi connectivity index (χ2v) is 8.45. The first-order valence-corrected chi connectivity index (χ1v) is 11.9. The maximum Gasteiger partial charge on any atom is 0.277 e. The van der Waals surface area contributed by atoms with Crippen molar-refractivity contribution >= 4 is 11.6 Å². The van der Waals surface area contributed by atoms with Gasteiger partial charge < -0.3 is 19.8 Å². The Morgan fingerprint density at radius 1 is 1.24 bits per heavy atom. The van der Waals surface area contributed by atoms with Crippen molar-refractivity contribution < 1.29 is 18.3 Å². The summed E-state index contributed by atoms with van der Waals surface area (Å²) in [5.41, 5.74) is 1.47. The van der Waals surface area contributed by atoms with Gasteiger partial charge in [0.1, 0.15) is 18.0 Å². The number of anilines is 1. The summed E-state index contributed by atoms with van der Waals surface area (Å²) in [7, 11) is 0. The molecule has 1 unspecified atom stereocenters. The molecule has 4 heterocycles. The minimum atomic E-state index is -0.629. The molecule has 0 bridgehead atoms. The average molecular weight is 505 g/mol. The molecule has 190 valence electrons. The van der Waals surface area contributed by atoms with Crippen LogP contribution in [0.2, 0.25) is 0 Å². The van der Waals surface area contributed by atoms with Gasteiger partial charge in [0, 0.05) is 17.8 Å². The van der Waals surface area contributed by atoms with Crippen molar-refractivity contribution in [1.82, 2.24) is 24.8 Å². The van der Waals surface area contributed by atoms with E-state index in [1.165, 1.54) is 23.2 Å². The summed E-state index contributed by atoms with van der Waals surface area (Å²) >= 11 is 0. The van der Waals surface area contributed by atoms with Gasteiger partial charge in [-0.2, -0.15) is 0 Å². The van der Waals surface area contributed by atoms with E-state index in [4.69, 9.17) is 9.15 Å². The van der Waals surface area contributed by atoms with Gasteiger partial charge >= 0.3 is 0 Å². The summed E-state index contributed by atoms with van der Waals surface area (Å²) in [6.45, 7) is 1.63. The zero-order chi connectivity index (χ0) is 25.8. The van der Waals surface area contributed by atoms with Crippen molar-refractivity contribution in [2.75, 3.05) is 11.9 Å². The quantitative estimate of drug-likeness (QED) is 0.375. The third-order valence-corrected chi connectivity index (χ3v) is 5.99. The van der Waals surface area contributed by atoms with Crippen LogP contribution in [-0.4, -0.2) is 32.0 Å². The van der Waals surface area contributed by atoms with Crippen molar-refractivity contribution in [1.29, 1.82) is 0 Å². The highest BCUT2D eigenvalue weighted by Crippen LogP contribution is 2.31. The molecule has 5 rings (SSSR count). The number of hydrogen-bond acceptors (Lipinski definition) is 8. The molecule has 10 nitrogen and oxygen atoms in total. The molecule has 0 radical (unpaired) electrons. The molecule has 0 saturated carbocycles. The number of aryl methyl sites for hydroxylation is 1. The first kappa shape index (κ1) is 24.2. The monoisotopic (exact) mass is 504 g/mol. The first-order chi connectivity index (χ1) is 18.0. The molecule has 2 N–H and O–H groups in total. The van der Waals surface area contributed by atoms with E-state index in [1.807, 2.05) is 30.3 Å². The van der Waals surface area contributed by atoms with Gasteiger partial charge in [0.2, 0.25) is 11.8 Å². The predicted molar refractivity (Wildman–Crippen MR) is 132 cm³/mol. The number of rotatable bonds is 8.